The van der Waals surface area contributed by atoms with Crippen LogP contribution in [0.5, 0.6) is 0 Å². The first-order valence-electron chi connectivity index (χ1n) is 10.1. The van der Waals surface area contributed by atoms with Crippen LogP contribution in [0.1, 0.15) is 5.56 Å². The van der Waals surface area contributed by atoms with Crippen molar-refractivity contribution in [1.82, 2.24) is 19.8 Å². The molecule has 3 aromatic rings. The molecule has 33 heavy (non-hydrogen) atoms. The van der Waals surface area contributed by atoms with Gasteiger partial charge in [0.25, 0.3) is 0 Å². The lowest BCUT2D eigenvalue weighted by molar-refractivity contribution is -0.137. The van der Waals surface area contributed by atoms with Crippen molar-refractivity contribution in [2.24, 2.45) is 0 Å². The molecule has 3 heterocycles. The van der Waals surface area contributed by atoms with Gasteiger partial charge < -0.3 is 10.2 Å². The van der Waals surface area contributed by atoms with Crippen LogP contribution in [0.3, 0.4) is 0 Å². The third-order valence-electron chi connectivity index (χ3n) is 5.16. The SMILES string of the molecule is O=C(CN1CCN(C(=O)CSc2ncnc3sccc23)CC1)Nc1ccccc1C(F)(F)F. The van der Waals surface area contributed by atoms with Gasteiger partial charge in [0.2, 0.25) is 11.8 Å². The number of carbonyl (C=O) groups is 2. The van der Waals surface area contributed by atoms with Crippen LogP contribution in [0.2, 0.25) is 0 Å². The maximum absolute atomic E-state index is 13.1. The summed E-state index contributed by atoms with van der Waals surface area (Å²) < 4.78 is 39.3. The first kappa shape index (κ1) is 23.5. The number of anilines is 1. The van der Waals surface area contributed by atoms with E-state index in [2.05, 4.69) is 15.3 Å². The summed E-state index contributed by atoms with van der Waals surface area (Å²) in [6.07, 6.45) is -3.06. The van der Waals surface area contributed by atoms with Crippen LogP contribution in [0.4, 0.5) is 18.9 Å². The Balaban J connectivity index is 1.25. The Hall–Kier alpha value is -2.70. The number of carbonyl (C=O) groups excluding carboxylic acids is 2. The molecule has 0 unspecified atom stereocenters. The van der Waals surface area contributed by atoms with Gasteiger partial charge in [0.05, 0.1) is 23.5 Å². The molecule has 1 aliphatic heterocycles. The van der Waals surface area contributed by atoms with E-state index in [0.717, 1.165) is 21.3 Å². The molecule has 12 heteroatoms. The number of rotatable bonds is 6. The summed E-state index contributed by atoms with van der Waals surface area (Å²) in [5.41, 5.74) is -1.14. The van der Waals surface area contributed by atoms with Crippen LogP contribution in [-0.4, -0.2) is 70.1 Å². The van der Waals surface area contributed by atoms with Crippen LogP contribution < -0.4 is 5.32 Å². The molecular formula is C21H20F3N5O2S2. The Morgan fingerprint density at radius 3 is 2.61 bits per heavy atom. The van der Waals surface area contributed by atoms with E-state index in [0.29, 0.717) is 26.2 Å². The minimum absolute atomic E-state index is 0.0230. The lowest BCUT2D eigenvalue weighted by Gasteiger charge is -2.34. The van der Waals surface area contributed by atoms with E-state index in [1.807, 2.05) is 16.3 Å². The molecule has 2 amide bonds. The van der Waals surface area contributed by atoms with Gasteiger partial charge in [-0.05, 0) is 23.6 Å². The van der Waals surface area contributed by atoms with Crippen molar-refractivity contribution in [3.05, 3.63) is 47.6 Å². The predicted molar refractivity (Wildman–Crippen MR) is 121 cm³/mol. The monoisotopic (exact) mass is 495 g/mol. The number of hydrogen-bond acceptors (Lipinski definition) is 7. The second-order valence-electron chi connectivity index (χ2n) is 7.36. The molecule has 2 aromatic heterocycles. The average Bonchev–Trinajstić information content (AvgIpc) is 3.27. The number of fused-ring (bicyclic) bond motifs is 1. The quantitative estimate of drug-likeness (QED) is 0.416. The summed E-state index contributed by atoms with van der Waals surface area (Å²) in [5.74, 6) is -0.299. The normalized spacial score (nSPS) is 15.1. The zero-order valence-corrected chi connectivity index (χ0v) is 19.0. The molecule has 0 aliphatic carbocycles. The highest BCUT2D eigenvalue weighted by Gasteiger charge is 2.33. The molecule has 0 bridgehead atoms. The van der Waals surface area contributed by atoms with Crippen molar-refractivity contribution >= 4 is 50.8 Å². The lowest BCUT2D eigenvalue weighted by Crippen LogP contribution is -2.50. The van der Waals surface area contributed by atoms with Gasteiger partial charge in [0.15, 0.2) is 0 Å². The van der Waals surface area contributed by atoms with Crippen molar-refractivity contribution in [3.63, 3.8) is 0 Å². The summed E-state index contributed by atoms with van der Waals surface area (Å²) in [4.78, 5) is 37.8. The number of halogens is 3. The number of alkyl halides is 3. The van der Waals surface area contributed by atoms with Gasteiger partial charge in [-0.25, -0.2) is 9.97 Å². The molecular weight excluding hydrogens is 475 g/mol. The van der Waals surface area contributed by atoms with Crippen LogP contribution in [0.25, 0.3) is 10.2 Å². The fraction of sp³-hybridized carbons (Fsp3) is 0.333. The predicted octanol–water partition coefficient (Wildman–Crippen LogP) is 3.59. The smallest absolute Gasteiger partial charge is 0.339 e. The summed E-state index contributed by atoms with van der Waals surface area (Å²) in [6, 6.07) is 6.82. The minimum atomic E-state index is -4.55. The van der Waals surface area contributed by atoms with Gasteiger partial charge in [-0.2, -0.15) is 13.2 Å². The number of hydrogen-bond donors (Lipinski definition) is 1. The molecule has 1 aromatic carbocycles. The first-order valence-corrected chi connectivity index (χ1v) is 11.9. The standard InChI is InChI=1S/C21H20F3N5O2S2/c22-21(23,24)15-3-1-2-4-16(15)27-17(30)11-28-6-8-29(9-7-28)18(31)12-33-20-14-5-10-32-19(14)25-13-26-20/h1-5,10,13H,6-9,11-12H2,(H,27,30). The van der Waals surface area contributed by atoms with E-state index in [9.17, 15) is 22.8 Å². The third-order valence-corrected chi connectivity index (χ3v) is 6.97. The van der Waals surface area contributed by atoms with Gasteiger partial charge in [0, 0.05) is 31.6 Å². The summed E-state index contributed by atoms with van der Waals surface area (Å²) in [6.45, 7) is 1.78. The number of thioether (sulfide) groups is 1. The number of amides is 2. The number of benzene rings is 1. The average molecular weight is 496 g/mol. The number of thiophene rings is 1. The Morgan fingerprint density at radius 1 is 1.09 bits per heavy atom. The van der Waals surface area contributed by atoms with Gasteiger partial charge in [-0.15, -0.1) is 11.3 Å². The maximum Gasteiger partial charge on any atom is 0.418 e. The number of para-hydroxylation sites is 1. The van der Waals surface area contributed by atoms with E-state index in [1.165, 1.54) is 47.6 Å². The highest BCUT2D eigenvalue weighted by atomic mass is 32.2. The third kappa shape index (κ3) is 5.81. The Kier molecular flexibility index (Phi) is 7.15. The molecule has 1 N–H and O–H groups in total. The molecule has 4 rings (SSSR count). The minimum Gasteiger partial charge on any atom is -0.339 e. The molecule has 174 valence electrons. The Bertz CT molecular complexity index is 1150. The van der Waals surface area contributed by atoms with Gasteiger partial charge in [-0.3, -0.25) is 14.5 Å². The van der Waals surface area contributed by atoms with E-state index in [1.54, 1.807) is 4.90 Å². The van der Waals surface area contributed by atoms with E-state index in [4.69, 9.17) is 0 Å². The van der Waals surface area contributed by atoms with E-state index >= 15 is 0 Å². The summed E-state index contributed by atoms with van der Waals surface area (Å²) >= 11 is 2.88. The largest absolute Gasteiger partial charge is 0.418 e. The number of nitrogens with zero attached hydrogens (tertiary/aromatic N) is 4. The van der Waals surface area contributed by atoms with Crippen molar-refractivity contribution in [1.29, 1.82) is 0 Å². The molecule has 0 radical (unpaired) electrons. The number of piperazine rings is 1. The van der Waals surface area contributed by atoms with Crippen molar-refractivity contribution in [2.45, 2.75) is 11.2 Å². The topological polar surface area (TPSA) is 78.4 Å². The zero-order chi connectivity index (χ0) is 23.4. The molecule has 1 saturated heterocycles. The van der Waals surface area contributed by atoms with Gasteiger partial charge >= 0.3 is 6.18 Å². The second-order valence-corrected chi connectivity index (χ2v) is 9.21. The maximum atomic E-state index is 13.1. The summed E-state index contributed by atoms with van der Waals surface area (Å²) in [7, 11) is 0. The molecule has 0 spiro atoms. The molecule has 1 aliphatic rings. The van der Waals surface area contributed by atoms with Crippen molar-refractivity contribution in [2.75, 3.05) is 43.8 Å². The van der Waals surface area contributed by atoms with Crippen LogP contribution in [0, 0.1) is 0 Å². The first-order chi connectivity index (χ1) is 15.8. The second kappa shape index (κ2) is 10.1. The highest BCUT2D eigenvalue weighted by Crippen LogP contribution is 2.34. The highest BCUT2D eigenvalue weighted by molar-refractivity contribution is 8.00. The lowest BCUT2D eigenvalue weighted by atomic mass is 10.1. The Morgan fingerprint density at radius 2 is 1.85 bits per heavy atom. The number of nitrogens with one attached hydrogen (secondary N) is 1. The number of aromatic nitrogens is 2. The molecule has 0 atom stereocenters. The van der Waals surface area contributed by atoms with E-state index in [-0.39, 0.29) is 23.9 Å². The van der Waals surface area contributed by atoms with Gasteiger partial charge in [-0.1, -0.05) is 23.9 Å². The van der Waals surface area contributed by atoms with Crippen molar-refractivity contribution in [3.8, 4) is 0 Å². The molecule has 7 nitrogen and oxygen atoms in total. The fourth-order valence-electron chi connectivity index (χ4n) is 3.49. The van der Waals surface area contributed by atoms with Crippen LogP contribution >= 0.6 is 23.1 Å². The summed E-state index contributed by atoms with van der Waals surface area (Å²) in [5, 5.41) is 5.99. The van der Waals surface area contributed by atoms with E-state index < -0.39 is 17.6 Å². The van der Waals surface area contributed by atoms with Gasteiger partial charge in [0.1, 0.15) is 16.2 Å². The molecule has 1 fully saturated rings. The van der Waals surface area contributed by atoms with Crippen LogP contribution in [-0.2, 0) is 15.8 Å². The fourth-order valence-corrected chi connectivity index (χ4v) is 5.17. The Labute approximate surface area is 196 Å². The van der Waals surface area contributed by atoms with Crippen molar-refractivity contribution < 1.29 is 22.8 Å². The van der Waals surface area contributed by atoms with Crippen LogP contribution in [0.15, 0.2) is 47.1 Å². The molecule has 0 saturated carbocycles. The zero-order valence-electron chi connectivity index (χ0n) is 17.3.